The van der Waals surface area contributed by atoms with Crippen molar-refractivity contribution in [3.8, 4) is 0 Å². The molecule has 0 radical (unpaired) electrons. The van der Waals surface area contributed by atoms with Gasteiger partial charge in [0.1, 0.15) is 5.78 Å². The van der Waals surface area contributed by atoms with Gasteiger partial charge < -0.3 is 10.0 Å². The molecular weight excluding hydrogens is 178 g/mol. The van der Waals surface area contributed by atoms with Gasteiger partial charge in [0.2, 0.25) is 0 Å². The average Bonchev–Trinajstić information content (AvgIpc) is 2.22. The molecular formula is C11H23NO2. The lowest BCUT2D eigenvalue weighted by Crippen LogP contribution is -2.26. The Morgan fingerprint density at radius 1 is 1.21 bits per heavy atom. The van der Waals surface area contributed by atoms with Crippen molar-refractivity contribution in [3.63, 3.8) is 0 Å². The average molecular weight is 201 g/mol. The van der Waals surface area contributed by atoms with Crippen LogP contribution in [0.5, 0.6) is 0 Å². The number of rotatable bonds is 9. The summed E-state index contributed by atoms with van der Waals surface area (Å²) in [4.78, 5) is 13.3. The van der Waals surface area contributed by atoms with Gasteiger partial charge in [-0.3, -0.25) is 4.79 Å². The smallest absolute Gasteiger partial charge is 0.132 e. The van der Waals surface area contributed by atoms with Gasteiger partial charge >= 0.3 is 0 Å². The highest BCUT2D eigenvalue weighted by Gasteiger charge is 2.03. The Hall–Kier alpha value is -0.410. The number of nitrogens with zero attached hydrogens (tertiary/aromatic N) is 1. The molecule has 0 fully saturated rings. The highest BCUT2D eigenvalue weighted by Crippen LogP contribution is 1.99. The van der Waals surface area contributed by atoms with E-state index in [9.17, 15) is 4.79 Å². The molecule has 0 aromatic rings. The maximum Gasteiger partial charge on any atom is 0.132 e. The van der Waals surface area contributed by atoms with Crippen molar-refractivity contribution >= 4 is 5.78 Å². The molecule has 1 N–H and O–H groups in total. The zero-order valence-electron chi connectivity index (χ0n) is 9.46. The second-order valence-corrected chi connectivity index (χ2v) is 3.51. The lowest BCUT2D eigenvalue weighted by atomic mass is 10.2. The maximum absolute atomic E-state index is 11.0. The van der Waals surface area contributed by atoms with Crippen molar-refractivity contribution in [1.29, 1.82) is 0 Å². The minimum Gasteiger partial charge on any atom is -0.396 e. The quantitative estimate of drug-likeness (QED) is 0.614. The normalized spacial score (nSPS) is 10.9. The number of carbonyl (C=O) groups is 1. The van der Waals surface area contributed by atoms with Gasteiger partial charge in [0.25, 0.3) is 0 Å². The summed E-state index contributed by atoms with van der Waals surface area (Å²) in [7, 11) is 0. The number of carbonyl (C=O) groups excluding carboxylic acids is 1. The Morgan fingerprint density at radius 2 is 1.86 bits per heavy atom. The summed E-state index contributed by atoms with van der Waals surface area (Å²) in [5.41, 5.74) is 0. The van der Waals surface area contributed by atoms with Crippen molar-refractivity contribution in [2.45, 2.75) is 39.5 Å². The minimum absolute atomic E-state index is 0.254. The van der Waals surface area contributed by atoms with Crippen molar-refractivity contribution in [3.05, 3.63) is 0 Å². The summed E-state index contributed by atoms with van der Waals surface area (Å²) in [6, 6.07) is 0. The van der Waals surface area contributed by atoms with E-state index in [-0.39, 0.29) is 6.61 Å². The fourth-order valence-electron chi connectivity index (χ4n) is 1.40. The van der Waals surface area contributed by atoms with Gasteiger partial charge in [-0.15, -0.1) is 0 Å². The first-order chi connectivity index (χ1) is 6.74. The molecule has 84 valence electrons. The van der Waals surface area contributed by atoms with Gasteiger partial charge in [-0.25, -0.2) is 0 Å². The molecule has 0 saturated carbocycles. The summed E-state index contributed by atoms with van der Waals surface area (Å²) >= 11 is 0. The van der Waals surface area contributed by atoms with Crippen LogP contribution in [0.4, 0.5) is 0 Å². The van der Waals surface area contributed by atoms with Crippen LogP contribution in [0.2, 0.25) is 0 Å². The lowest BCUT2D eigenvalue weighted by molar-refractivity contribution is -0.118. The largest absolute Gasteiger partial charge is 0.396 e. The van der Waals surface area contributed by atoms with E-state index in [1.807, 2.05) is 6.92 Å². The monoisotopic (exact) mass is 201 g/mol. The van der Waals surface area contributed by atoms with E-state index in [0.29, 0.717) is 18.6 Å². The van der Waals surface area contributed by atoms with Gasteiger partial charge in [0, 0.05) is 26.0 Å². The molecule has 0 aliphatic carbocycles. The van der Waals surface area contributed by atoms with E-state index in [1.54, 1.807) is 0 Å². The predicted molar refractivity (Wildman–Crippen MR) is 58.3 cm³/mol. The SMILES string of the molecule is CCC(=O)CCCN(CC)CCCO. The predicted octanol–water partition coefficient (Wildman–Crippen LogP) is 1.45. The molecule has 0 bridgehead atoms. The van der Waals surface area contributed by atoms with Gasteiger partial charge in [-0.05, 0) is 25.9 Å². The van der Waals surface area contributed by atoms with Crippen molar-refractivity contribution < 1.29 is 9.90 Å². The molecule has 0 spiro atoms. The van der Waals surface area contributed by atoms with Crippen LogP contribution >= 0.6 is 0 Å². The highest BCUT2D eigenvalue weighted by molar-refractivity contribution is 5.77. The first kappa shape index (κ1) is 13.6. The molecule has 0 atom stereocenters. The molecule has 3 nitrogen and oxygen atoms in total. The third-order valence-electron chi connectivity index (χ3n) is 2.40. The zero-order chi connectivity index (χ0) is 10.8. The van der Waals surface area contributed by atoms with E-state index in [0.717, 1.165) is 32.5 Å². The third kappa shape index (κ3) is 7.04. The van der Waals surface area contributed by atoms with E-state index in [1.165, 1.54) is 0 Å². The Labute approximate surface area is 87.1 Å². The second-order valence-electron chi connectivity index (χ2n) is 3.51. The van der Waals surface area contributed by atoms with Crippen LogP contribution in [0.15, 0.2) is 0 Å². The number of aliphatic hydroxyl groups excluding tert-OH is 1. The van der Waals surface area contributed by atoms with Gasteiger partial charge in [-0.1, -0.05) is 13.8 Å². The molecule has 0 aromatic carbocycles. The molecule has 0 aliphatic heterocycles. The van der Waals surface area contributed by atoms with Crippen LogP contribution in [-0.4, -0.2) is 42.0 Å². The Morgan fingerprint density at radius 3 is 2.36 bits per heavy atom. The molecule has 3 heteroatoms. The molecule has 0 rings (SSSR count). The molecule has 0 aromatic heterocycles. The number of aliphatic hydroxyl groups is 1. The molecule has 0 unspecified atom stereocenters. The standard InChI is InChI=1S/C11H23NO2/c1-3-11(14)7-5-8-12(4-2)9-6-10-13/h13H,3-10H2,1-2H3. The van der Waals surface area contributed by atoms with Crippen LogP contribution in [0.1, 0.15) is 39.5 Å². The number of ketones is 1. The van der Waals surface area contributed by atoms with E-state index in [4.69, 9.17) is 5.11 Å². The highest BCUT2D eigenvalue weighted by atomic mass is 16.3. The topological polar surface area (TPSA) is 40.5 Å². The fraction of sp³-hybridized carbons (Fsp3) is 0.909. The summed E-state index contributed by atoms with van der Waals surface area (Å²) in [6.07, 6.45) is 3.14. The van der Waals surface area contributed by atoms with E-state index in [2.05, 4.69) is 11.8 Å². The Bertz CT molecular complexity index is 148. The molecule has 0 saturated heterocycles. The molecule has 0 aliphatic rings. The van der Waals surface area contributed by atoms with Gasteiger partial charge in [0.15, 0.2) is 0 Å². The van der Waals surface area contributed by atoms with Gasteiger partial charge in [-0.2, -0.15) is 0 Å². The first-order valence-corrected chi connectivity index (χ1v) is 5.59. The van der Waals surface area contributed by atoms with Crippen LogP contribution in [0, 0.1) is 0 Å². The number of hydrogen-bond acceptors (Lipinski definition) is 3. The van der Waals surface area contributed by atoms with Crippen molar-refractivity contribution in [2.75, 3.05) is 26.2 Å². The fourth-order valence-corrected chi connectivity index (χ4v) is 1.40. The van der Waals surface area contributed by atoms with Crippen LogP contribution in [0.3, 0.4) is 0 Å². The minimum atomic E-state index is 0.254. The van der Waals surface area contributed by atoms with E-state index >= 15 is 0 Å². The van der Waals surface area contributed by atoms with Crippen molar-refractivity contribution in [1.82, 2.24) is 4.90 Å². The third-order valence-corrected chi connectivity index (χ3v) is 2.40. The van der Waals surface area contributed by atoms with E-state index < -0.39 is 0 Å². The second kappa shape index (κ2) is 9.16. The summed E-state index contributed by atoms with van der Waals surface area (Å²) in [6.45, 7) is 7.19. The molecule has 14 heavy (non-hydrogen) atoms. The van der Waals surface area contributed by atoms with Crippen molar-refractivity contribution in [2.24, 2.45) is 0 Å². The number of Topliss-reactive ketones (excluding diaryl/α,β-unsaturated/α-hetero) is 1. The summed E-state index contributed by atoms with van der Waals surface area (Å²) in [5, 5.41) is 8.68. The molecule has 0 heterocycles. The summed E-state index contributed by atoms with van der Waals surface area (Å²) < 4.78 is 0. The summed E-state index contributed by atoms with van der Waals surface area (Å²) in [5.74, 6) is 0.350. The van der Waals surface area contributed by atoms with Gasteiger partial charge in [0.05, 0.1) is 0 Å². The molecule has 0 amide bonds. The Kier molecular flexibility index (Phi) is 8.89. The number of hydrogen-bond donors (Lipinski definition) is 1. The zero-order valence-corrected chi connectivity index (χ0v) is 9.46. The first-order valence-electron chi connectivity index (χ1n) is 5.59. The Balaban J connectivity index is 3.46. The lowest BCUT2D eigenvalue weighted by Gasteiger charge is -2.19. The maximum atomic E-state index is 11.0. The van der Waals surface area contributed by atoms with Crippen LogP contribution < -0.4 is 0 Å². The van der Waals surface area contributed by atoms with Crippen LogP contribution in [0.25, 0.3) is 0 Å². The van der Waals surface area contributed by atoms with Crippen LogP contribution in [-0.2, 0) is 4.79 Å².